The van der Waals surface area contributed by atoms with E-state index in [1.165, 1.54) is 12.7 Å². The van der Waals surface area contributed by atoms with Crippen LogP contribution in [-0.2, 0) is 0 Å². The fourth-order valence-corrected chi connectivity index (χ4v) is 3.94. The minimum atomic E-state index is 0.180. The molecule has 31 heavy (non-hydrogen) atoms. The van der Waals surface area contributed by atoms with E-state index in [1.54, 1.807) is 0 Å². The van der Waals surface area contributed by atoms with Crippen molar-refractivity contribution >= 4 is 39.7 Å². The van der Waals surface area contributed by atoms with Gasteiger partial charge in [0, 0.05) is 42.8 Å². The van der Waals surface area contributed by atoms with Gasteiger partial charge < -0.3 is 20.0 Å². The number of halogens is 1. The summed E-state index contributed by atoms with van der Waals surface area (Å²) < 4.78 is 5.28. The molecule has 154 valence electrons. The third-order valence-corrected chi connectivity index (χ3v) is 5.59. The summed E-state index contributed by atoms with van der Waals surface area (Å²) in [7, 11) is 0. The molecular formula is C22H18ClN7O. The molecule has 4 aromatic rings. The summed E-state index contributed by atoms with van der Waals surface area (Å²) in [6.45, 7) is 3.41. The number of piperazine rings is 1. The SMILES string of the molecule is N#Cc1ocnc1-c1cc2ncnc(Nc3ccccc3Cl)c2cc1N1CCNCC1. The van der Waals surface area contributed by atoms with Crippen molar-refractivity contribution in [1.29, 1.82) is 5.26 Å². The summed E-state index contributed by atoms with van der Waals surface area (Å²) in [6, 6.07) is 13.6. The van der Waals surface area contributed by atoms with E-state index in [-0.39, 0.29) is 5.76 Å². The van der Waals surface area contributed by atoms with Crippen molar-refractivity contribution in [2.24, 2.45) is 0 Å². The molecule has 9 heteroatoms. The van der Waals surface area contributed by atoms with Crippen LogP contribution in [0.4, 0.5) is 17.2 Å². The Morgan fingerprint density at radius 1 is 1.13 bits per heavy atom. The lowest BCUT2D eigenvalue weighted by Gasteiger charge is -2.31. The van der Waals surface area contributed by atoms with Gasteiger partial charge in [0.2, 0.25) is 5.76 Å². The number of nitrogens with zero attached hydrogens (tertiary/aromatic N) is 5. The van der Waals surface area contributed by atoms with Crippen molar-refractivity contribution in [1.82, 2.24) is 20.3 Å². The van der Waals surface area contributed by atoms with Crippen LogP contribution in [0.5, 0.6) is 0 Å². The number of nitriles is 1. The zero-order chi connectivity index (χ0) is 21.2. The van der Waals surface area contributed by atoms with E-state index in [0.29, 0.717) is 16.5 Å². The van der Waals surface area contributed by atoms with E-state index in [9.17, 15) is 5.26 Å². The van der Waals surface area contributed by atoms with Crippen LogP contribution in [0.25, 0.3) is 22.2 Å². The number of hydrogen-bond donors (Lipinski definition) is 2. The molecule has 3 heterocycles. The topological polar surface area (TPSA) is 103 Å². The number of benzene rings is 2. The lowest BCUT2D eigenvalue weighted by molar-refractivity contribution is 0.545. The van der Waals surface area contributed by atoms with Crippen molar-refractivity contribution in [3.8, 4) is 17.3 Å². The Bertz CT molecular complexity index is 1290. The van der Waals surface area contributed by atoms with Crippen LogP contribution in [0, 0.1) is 11.3 Å². The molecule has 1 saturated heterocycles. The van der Waals surface area contributed by atoms with Crippen molar-refractivity contribution in [3.63, 3.8) is 0 Å². The molecule has 1 aliphatic rings. The molecule has 0 aliphatic carbocycles. The minimum Gasteiger partial charge on any atom is -0.432 e. The standard InChI is InChI=1S/C22H18ClN7O/c23-16-3-1-2-4-17(16)29-22-14-10-19(30-7-5-25-6-8-30)15(9-18(14)26-12-27-22)21-20(11-24)31-13-28-21/h1-4,9-10,12-13,25H,5-8H2,(H,26,27,29). The number of rotatable bonds is 4. The monoisotopic (exact) mass is 431 g/mol. The molecule has 0 unspecified atom stereocenters. The maximum atomic E-state index is 9.46. The second-order valence-electron chi connectivity index (χ2n) is 7.09. The molecule has 2 N–H and O–H groups in total. The molecule has 0 atom stereocenters. The molecule has 2 aromatic heterocycles. The summed E-state index contributed by atoms with van der Waals surface area (Å²) in [5.74, 6) is 0.834. The second-order valence-corrected chi connectivity index (χ2v) is 7.50. The zero-order valence-corrected chi connectivity index (χ0v) is 17.2. The van der Waals surface area contributed by atoms with Gasteiger partial charge in [-0.1, -0.05) is 23.7 Å². The Hall–Kier alpha value is -3.67. The molecule has 0 saturated carbocycles. The van der Waals surface area contributed by atoms with Gasteiger partial charge in [-0.05, 0) is 24.3 Å². The number of anilines is 3. The van der Waals surface area contributed by atoms with E-state index in [2.05, 4.69) is 36.6 Å². The Morgan fingerprint density at radius 2 is 1.97 bits per heavy atom. The third kappa shape index (κ3) is 3.65. The van der Waals surface area contributed by atoms with Gasteiger partial charge in [-0.3, -0.25) is 0 Å². The van der Waals surface area contributed by atoms with Gasteiger partial charge in [0.15, 0.2) is 6.39 Å². The number of nitrogens with one attached hydrogen (secondary N) is 2. The van der Waals surface area contributed by atoms with Crippen LogP contribution >= 0.6 is 11.6 Å². The summed E-state index contributed by atoms with van der Waals surface area (Å²) in [4.78, 5) is 15.5. The van der Waals surface area contributed by atoms with E-state index in [1.807, 2.05) is 36.4 Å². The van der Waals surface area contributed by atoms with Gasteiger partial charge >= 0.3 is 0 Å². The number of para-hydroxylation sites is 1. The van der Waals surface area contributed by atoms with E-state index in [0.717, 1.165) is 54.0 Å². The smallest absolute Gasteiger partial charge is 0.231 e. The Kier molecular flexibility index (Phi) is 5.12. The fraction of sp³-hybridized carbons (Fsp3) is 0.182. The van der Waals surface area contributed by atoms with Gasteiger partial charge in [-0.15, -0.1) is 0 Å². The van der Waals surface area contributed by atoms with Crippen molar-refractivity contribution in [2.75, 3.05) is 36.4 Å². The van der Waals surface area contributed by atoms with Gasteiger partial charge in [0.25, 0.3) is 0 Å². The van der Waals surface area contributed by atoms with Crippen LogP contribution in [-0.4, -0.2) is 41.1 Å². The zero-order valence-electron chi connectivity index (χ0n) is 16.5. The Labute approximate surface area is 183 Å². The maximum absolute atomic E-state index is 9.46. The van der Waals surface area contributed by atoms with Crippen molar-refractivity contribution in [3.05, 3.63) is 59.9 Å². The number of hydrogen-bond acceptors (Lipinski definition) is 8. The fourth-order valence-electron chi connectivity index (χ4n) is 3.76. The third-order valence-electron chi connectivity index (χ3n) is 5.26. The predicted molar refractivity (Wildman–Crippen MR) is 120 cm³/mol. The first kappa shape index (κ1) is 19.3. The molecule has 0 radical (unpaired) electrons. The predicted octanol–water partition coefficient (Wildman–Crippen LogP) is 3.96. The van der Waals surface area contributed by atoms with Crippen molar-refractivity contribution in [2.45, 2.75) is 0 Å². The molecule has 8 nitrogen and oxygen atoms in total. The first-order valence-corrected chi connectivity index (χ1v) is 10.2. The molecule has 1 aliphatic heterocycles. The summed E-state index contributed by atoms with van der Waals surface area (Å²) in [6.07, 6.45) is 2.80. The van der Waals surface area contributed by atoms with Crippen LogP contribution in [0.2, 0.25) is 5.02 Å². The lowest BCUT2D eigenvalue weighted by atomic mass is 10.0. The average molecular weight is 432 g/mol. The first-order valence-electron chi connectivity index (χ1n) is 9.84. The molecule has 0 spiro atoms. The quantitative estimate of drug-likeness (QED) is 0.500. The van der Waals surface area contributed by atoms with Crippen LogP contribution in [0.1, 0.15) is 5.76 Å². The molecule has 5 rings (SSSR count). The maximum Gasteiger partial charge on any atom is 0.231 e. The molecule has 1 fully saturated rings. The highest BCUT2D eigenvalue weighted by atomic mass is 35.5. The van der Waals surface area contributed by atoms with Gasteiger partial charge in [-0.25, -0.2) is 15.0 Å². The van der Waals surface area contributed by atoms with Gasteiger partial charge in [0.05, 0.1) is 16.2 Å². The number of fused-ring (bicyclic) bond motifs is 1. The van der Waals surface area contributed by atoms with Crippen molar-refractivity contribution < 1.29 is 4.42 Å². The summed E-state index contributed by atoms with van der Waals surface area (Å²) in [5, 5.41) is 17.6. The van der Waals surface area contributed by atoms with E-state index < -0.39 is 0 Å². The molecule has 2 aromatic carbocycles. The van der Waals surface area contributed by atoms with Crippen LogP contribution in [0.15, 0.2) is 53.5 Å². The molecule has 0 bridgehead atoms. The van der Waals surface area contributed by atoms with E-state index >= 15 is 0 Å². The van der Waals surface area contributed by atoms with Gasteiger partial charge in [-0.2, -0.15) is 5.26 Å². The second kappa shape index (κ2) is 8.22. The first-order chi connectivity index (χ1) is 15.2. The largest absolute Gasteiger partial charge is 0.432 e. The summed E-state index contributed by atoms with van der Waals surface area (Å²) in [5.41, 5.74) is 3.77. The number of oxazole rings is 1. The highest BCUT2D eigenvalue weighted by Crippen LogP contribution is 2.38. The summed E-state index contributed by atoms with van der Waals surface area (Å²) >= 11 is 6.33. The minimum absolute atomic E-state index is 0.180. The van der Waals surface area contributed by atoms with Gasteiger partial charge in [0.1, 0.15) is 23.9 Å². The van der Waals surface area contributed by atoms with E-state index in [4.69, 9.17) is 16.0 Å². The highest BCUT2D eigenvalue weighted by molar-refractivity contribution is 6.33. The Morgan fingerprint density at radius 3 is 2.77 bits per heavy atom. The average Bonchev–Trinajstić information content (AvgIpc) is 3.29. The Balaban J connectivity index is 1.69. The normalized spacial score (nSPS) is 13.9. The highest BCUT2D eigenvalue weighted by Gasteiger charge is 2.22. The van der Waals surface area contributed by atoms with Crippen LogP contribution < -0.4 is 15.5 Å². The number of aromatic nitrogens is 3. The lowest BCUT2D eigenvalue weighted by Crippen LogP contribution is -2.43. The molecular weight excluding hydrogens is 414 g/mol. The molecule has 0 amide bonds. The van der Waals surface area contributed by atoms with Crippen LogP contribution in [0.3, 0.4) is 0 Å².